The van der Waals surface area contributed by atoms with Crippen LogP contribution in [0.1, 0.15) is 36.9 Å². The lowest BCUT2D eigenvalue weighted by atomic mass is 10.0. The highest BCUT2D eigenvalue weighted by molar-refractivity contribution is 7.82. The van der Waals surface area contributed by atoms with Gasteiger partial charge in [0.05, 0.1) is 23.6 Å². The first-order valence-corrected chi connectivity index (χ1v) is 11.1. The third kappa shape index (κ3) is 4.34. The highest BCUT2D eigenvalue weighted by atomic mass is 32.2. The number of nitrogens with one attached hydrogen (secondary N) is 1. The summed E-state index contributed by atoms with van der Waals surface area (Å²) >= 11 is 0. The molecule has 4 rings (SSSR count). The lowest BCUT2D eigenvalue weighted by Gasteiger charge is -2.12. The van der Waals surface area contributed by atoms with Crippen molar-refractivity contribution in [3.8, 4) is 11.1 Å². The van der Waals surface area contributed by atoms with E-state index in [0.29, 0.717) is 34.2 Å². The molecule has 1 aliphatic rings. The summed E-state index contributed by atoms with van der Waals surface area (Å²) in [6.07, 6.45) is 6.44. The number of anilines is 1. The zero-order chi connectivity index (χ0) is 21.3. The van der Waals surface area contributed by atoms with Crippen LogP contribution in [0.25, 0.3) is 11.1 Å². The number of carbonyl (C=O) groups excluding carboxylic acids is 1. The van der Waals surface area contributed by atoms with Gasteiger partial charge in [0.2, 0.25) is 5.91 Å². The summed E-state index contributed by atoms with van der Waals surface area (Å²) in [5.74, 6) is -0.742. The first kappa shape index (κ1) is 20.4. The molecule has 0 bridgehead atoms. The van der Waals surface area contributed by atoms with Crippen LogP contribution in [0.5, 0.6) is 0 Å². The fourth-order valence-electron chi connectivity index (χ4n) is 3.52. The molecule has 3 aromatic rings. The molecule has 1 heterocycles. The third-order valence-electron chi connectivity index (χ3n) is 5.25. The summed E-state index contributed by atoms with van der Waals surface area (Å²) in [6.45, 7) is 1.92. The molecule has 0 radical (unpaired) electrons. The van der Waals surface area contributed by atoms with Gasteiger partial charge in [-0.05, 0) is 43.0 Å². The van der Waals surface area contributed by atoms with Crippen LogP contribution in [0.3, 0.4) is 0 Å². The smallest absolute Gasteiger partial charge is 0.228 e. The van der Waals surface area contributed by atoms with Crippen LogP contribution < -0.4 is 10.5 Å². The Morgan fingerprint density at radius 2 is 2.13 bits per heavy atom. The molecule has 1 amide bonds. The fraction of sp³-hybridized carbons (Fsp3) is 0.273. The second-order valence-corrected chi connectivity index (χ2v) is 8.44. The molecule has 6 nitrogen and oxygen atoms in total. The van der Waals surface area contributed by atoms with Crippen LogP contribution in [-0.4, -0.2) is 19.9 Å². The van der Waals surface area contributed by atoms with Crippen LogP contribution in [0, 0.1) is 5.82 Å². The lowest BCUT2D eigenvalue weighted by molar-refractivity contribution is -0.115. The quantitative estimate of drug-likeness (QED) is 0.603. The summed E-state index contributed by atoms with van der Waals surface area (Å²) in [7, 11) is -1.75. The highest BCUT2D eigenvalue weighted by Crippen LogP contribution is 2.36. The Morgan fingerprint density at radius 1 is 1.33 bits per heavy atom. The topological polar surface area (TPSA) is 90.0 Å². The number of carbonyl (C=O) groups is 1. The summed E-state index contributed by atoms with van der Waals surface area (Å²) in [6, 6.07) is 10.3. The standard InChI is InChI=1S/C22H23FN4O2S/c1-2-14-4-3-5-20(23)19(14)11-22(28)26-16-6-9-18(21(10-16)30(24)29)15-12-25-27(13-15)17-7-8-17/h3-6,9-10,12-13,17H,2,7-8,11,24H2,1H3,(H,26,28). The highest BCUT2D eigenvalue weighted by Gasteiger charge is 2.25. The number of aryl methyl sites for hydroxylation is 1. The van der Waals surface area contributed by atoms with Crippen LogP contribution in [0.15, 0.2) is 53.7 Å². The molecule has 156 valence electrons. The third-order valence-corrected chi connectivity index (χ3v) is 6.02. The lowest BCUT2D eigenvalue weighted by Crippen LogP contribution is -2.17. The first-order valence-electron chi connectivity index (χ1n) is 9.87. The molecule has 1 aromatic heterocycles. The molecule has 8 heteroatoms. The van der Waals surface area contributed by atoms with Gasteiger partial charge in [-0.1, -0.05) is 25.1 Å². The van der Waals surface area contributed by atoms with E-state index in [1.54, 1.807) is 30.5 Å². The van der Waals surface area contributed by atoms with E-state index < -0.39 is 16.8 Å². The molecule has 1 atom stereocenters. The van der Waals surface area contributed by atoms with Crippen molar-refractivity contribution in [2.75, 3.05) is 5.32 Å². The molecule has 0 saturated heterocycles. The molecule has 0 spiro atoms. The zero-order valence-corrected chi connectivity index (χ0v) is 17.4. The Kier molecular flexibility index (Phi) is 5.78. The van der Waals surface area contributed by atoms with Crippen molar-refractivity contribution >= 4 is 22.6 Å². The number of benzene rings is 2. The predicted octanol–water partition coefficient (Wildman–Crippen LogP) is 3.75. The minimum Gasteiger partial charge on any atom is -0.326 e. The zero-order valence-electron chi connectivity index (χ0n) is 16.6. The Hall–Kier alpha value is -2.84. The van der Waals surface area contributed by atoms with Gasteiger partial charge in [0, 0.05) is 28.6 Å². The average molecular weight is 427 g/mol. The van der Waals surface area contributed by atoms with E-state index >= 15 is 0 Å². The van der Waals surface area contributed by atoms with E-state index in [4.69, 9.17) is 5.14 Å². The maximum absolute atomic E-state index is 14.2. The Morgan fingerprint density at radius 3 is 2.83 bits per heavy atom. The second-order valence-electron chi connectivity index (χ2n) is 7.40. The van der Waals surface area contributed by atoms with Gasteiger partial charge in [-0.3, -0.25) is 9.48 Å². The van der Waals surface area contributed by atoms with E-state index in [1.165, 1.54) is 6.07 Å². The van der Waals surface area contributed by atoms with Crippen LogP contribution in [0.2, 0.25) is 0 Å². The number of hydrogen-bond donors (Lipinski definition) is 2. The van der Waals surface area contributed by atoms with E-state index in [1.807, 2.05) is 23.9 Å². The molecule has 1 unspecified atom stereocenters. The normalized spacial score (nSPS) is 14.5. The van der Waals surface area contributed by atoms with Crippen LogP contribution in [0.4, 0.5) is 10.1 Å². The van der Waals surface area contributed by atoms with Crippen LogP contribution >= 0.6 is 0 Å². The number of nitrogens with two attached hydrogens (primary N) is 1. The van der Waals surface area contributed by atoms with Crippen molar-refractivity contribution in [3.05, 3.63) is 65.7 Å². The average Bonchev–Trinajstić information content (AvgIpc) is 3.46. The van der Waals surface area contributed by atoms with Gasteiger partial charge in [-0.15, -0.1) is 0 Å². The number of hydrogen-bond acceptors (Lipinski definition) is 3. The minimum atomic E-state index is -1.75. The number of rotatable bonds is 7. The van der Waals surface area contributed by atoms with Gasteiger partial charge in [-0.2, -0.15) is 5.10 Å². The number of aromatic nitrogens is 2. The molecule has 0 aliphatic heterocycles. The summed E-state index contributed by atoms with van der Waals surface area (Å²) in [4.78, 5) is 12.9. The molecule has 1 fully saturated rings. The van der Waals surface area contributed by atoms with E-state index in [0.717, 1.165) is 24.0 Å². The van der Waals surface area contributed by atoms with Crippen molar-refractivity contribution in [3.63, 3.8) is 0 Å². The monoisotopic (exact) mass is 426 g/mol. The summed E-state index contributed by atoms with van der Waals surface area (Å²) in [5.41, 5.74) is 3.19. The van der Waals surface area contributed by atoms with Crippen molar-refractivity contribution in [2.45, 2.75) is 43.5 Å². The SMILES string of the molecule is CCc1cccc(F)c1CC(=O)Nc1ccc(-c2cnn(C3CC3)c2)c(S(N)=O)c1. The Bertz CT molecular complexity index is 1120. The van der Waals surface area contributed by atoms with Gasteiger partial charge in [0.25, 0.3) is 0 Å². The van der Waals surface area contributed by atoms with E-state index in [9.17, 15) is 13.4 Å². The van der Waals surface area contributed by atoms with Gasteiger partial charge in [-0.25, -0.2) is 13.7 Å². The first-order chi connectivity index (χ1) is 14.5. The molecule has 30 heavy (non-hydrogen) atoms. The Balaban J connectivity index is 1.55. The molecule has 1 saturated carbocycles. The van der Waals surface area contributed by atoms with Gasteiger partial charge >= 0.3 is 0 Å². The van der Waals surface area contributed by atoms with E-state index in [-0.39, 0.29) is 12.3 Å². The molecular formula is C22H23FN4O2S. The minimum absolute atomic E-state index is 0.0766. The largest absolute Gasteiger partial charge is 0.326 e. The summed E-state index contributed by atoms with van der Waals surface area (Å²) < 4.78 is 28.2. The second kappa shape index (κ2) is 8.49. The number of halogens is 1. The van der Waals surface area contributed by atoms with Crippen molar-refractivity contribution in [2.24, 2.45) is 5.14 Å². The maximum atomic E-state index is 14.2. The molecule has 3 N–H and O–H groups in total. The van der Waals surface area contributed by atoms with Crippen molar-refractivity contribution in [1.82, 2.24) is 9.78 Å². The van der Waals surface area contributed by atoms with Crippen LogP contribution in [-0.2, 0) is 28.6 Å². The molecule has 2 aromatic carbocycles. The fourth-order valence-corrected chi connectivity index (χ4v) is 4.16. The maximum Gasteiger partial charge on any atom is 0.228 e. The number of nitrogens with zero attached hydrogens (tertiary/aromatic N) is 2. The predicted molar refractivity (Wildman–Crippen MR) is 115 cm³/mol. The van der Waals surface area contributed by atoms with Gasteiger partial charge in [0.15, 0.2) is 0 Å². The Labute approximate surface area is 176 Å². The molecular weight excluding hydrogens is 403 g/mol. The molecule has 1 aliphatic carbocycles. The number of amides is 1. The van der Waals surface area contributed by atoms with Crippen molar-refractivity contribution in [1.29, 1.82) is 0 Å². The van der Waals surface area contributed by atoms with Gasteiger partial charge < -0.3 is 5.32 Å². The summed E-state index contributed by atoms with van der Waals surface area (Å²) in [5, 5.41) is 12.8. The van der Waals surface area contributed by atoms with E-state index in [2.05, 4.69) is 10.4 Å². The van der Waals surface area contributed by atoms with Crippen molar-refractivity contribution < 1.29 is 13.4 Å². The van der Waals surface area contributed by atoms with Gasteiger partial charge in [0.1, 0.15) is 16.8 Å².